The minimum absolute atomic E-state index is 0.123. The van der Waals surface area contributed by atoms with Gasteiger partial charge in [-0.25, -0.2) is 4.98 Å². The Morgan fingerprint density at radius 3 is 2.97 bits per heavy atom. The van der Waals surface area contributed by atoms with Crippen LogP contribution in [0, 0.1) is 0 Å². The number of amides is 1. The Labute approximate surface area is 193 Å². The monoisotopic (exact) mass is 466 g/mol. The number of aromatic nitrogens is 3. The van der Waals surface area contributed by atoms with E-state index in [1.165, 1.54) is 11.8 Å². The van der Waals surface area contributed by atoms with Crippen molar-refractivity contribution in [2.24, 2.45) is 0 Å². The summed E-state index contributed by atoms with van der Waals surface area (Å²) in [5, 5.41) is 4.25. The number of benzene rings is 2. The zero-order chi connectivity index (χ0) is 22.8. The molecule has 0 saturated carbocycles. The fourth-order valence-corrected chi connectivity index (χ4v) is 4.55. The summed E-state index contributed by atoms with van der Waals surface area (Å²) in [6.07, 6.45) is 0. The van der Waals surface area contributed by atoms with Crippen LogP contribution in [0.3, 0.4) is 0 Å². The molecule has 1 amide bonds. The molecular formula is C23H22N4O5S. The van der Waals surface area contributed by atoms with Crippen molar-refractivity contribution in [3.8, 4) is 11.5 Å². The van der Waals surface area contributed by atoms with Gasteiger partial charge in [0.1, 0.15) is 11.0 Å². The fraction of sp³-hybridized carbons (Fsp3) is 0.261. The number of methoxy groups -OCH3 is 1. The van der Waals surface area contributed by atoms with Gasteiger partial charge < -0.3 is 24.5 Å². The van der Waals surface area contributed by atoms with Crippen LogP contribution in [0.4, 0.5) is 0 Å². The average molecular weight is 467 g/mol. The van der Waals surface area contributed by atoms with E-state index in [1.54, 1.807) is 11.7 Å². The van der Waals surface area contributed by atoms with Crippen LogP contribution in [0.5, 0.6) is 11.5 Å². The molecule has 2 aromatic carbocycles. The maximum atomic E-state index is 13.2. The first-order chi connectivity index (χ1) is 16.1. The van der Waals surface area contributed by atoms with Gasteiger partial charge in [0.2, 0.25) is 12.7 Å². The van der Waals surface area contributed by atoms with Gasteiger partial charge in [-0.3, -0.25) is 14.2 Å². The van der Waals surface area contributed by atoms with Crippen LogP contribution in [0.1, 0.15) is 5.56 Å². The third-order valence-electron chi connectivity index (χ3n) is 5.35. The second-order valence-corrected chi connectivity index (χ2v) is 8.43. The second kappa shape index (κ2) is 9.16. The number of carbonyl (C=O) groups is 1. The largest absolute Gasteiger partial charge is 0.454 e. The highest BCUT2D eigenvalue weighted by molar-refractivity contribution is 7.99. The number of para-hydroxylation sites is 1. The number of hydrogen-bond donors (Lipinski definition) is 2. The van der Waals surface area contributed by atoms with Gasteiger partial charge in [-0.05, 0) is 23.8 Å². The van der Waals surface area contributed by atoms with Gasteiger partial charge in [0.05, 0.1) is 18.9 Å². The summed E-state index contributed by atoms with van der Waals surface area (Å²) in [6, 6.07) is 13.2. The van der Waals surface area contributed by atoms with Crippen LogP contribution < -0.4 is 20.3 Å². The third kappa shape index (κ3) is 4.27. The molecule has 0 fully saturated rings. The Balaban J connectivity index is 1.34. The van der Waals surface area contributed by atoms with E-state index in [2.05, 4.69) is 10.3 Å². The van der Waals surface area contributed by atoms with Crippen molar-refractivity contribution in [3.63, 3.8) is 0 Å². The van der Waals surface area contributed by atoms with Crippen LogP contribution >= 0.6 is 11.8 Å². The lowest BCUT2D eigenvalue weighted by atomic mass is 10.2. The standard InChI is InChI=1S/C23H22N4O5S/c1-30-9-8-27-22(29)21-20(15-4-2-3-5-16(15)25-21)26-23(27)33-12-19(28)24-11-14-6-7-17-18(10-14)32-13-31-17/h2-7,10,25H,8-9,11-13H2,1H3,(H,24,28). The molecule has 0 spiro atoms. The summed E-state index contributed by atoms with van der Waals surface area (Å²) in [5.74, 6) is 1.34. The van der Waals surface area contributed by atoms with E-state index < -0.39 is 0 Å². The molecule has 1 aliphatic rings. The number of ether oxygens (including phenoxy) is 3. The molecule has 0 saturated heterocycles. The molecular weight excluding hydrogens is 444 g/mol. The molecule has 4 aromatic rings. The highest BCUT2D eigenvalue weighted by Gasteiger charge is 2.17. The predicted octanol–water partition coefficient (Wildman–Crippen LogP) is 2.66. The topological polar surface area (TPSA) is 107 Å². The number of H-pyrrole nitrogens is 1. The van der Waals surface area contributed by atoms with Crippen LogP contribution in [0.2, 0.25) is 0 Å². The maximum Gasteiger partial charge on any atom is 0.278 e. The van der Waals surface area contributed by atoms with E-state index in [4.69, 9.17) is 19.2 Å². The number of nitrogens with one attached hydrogen (secondary N) is 2. The Morgan fingerprint density at radius 2 is 2.09 bits per heavy atom. The predicted molar refractivity (Wildman–Crippen MR) is 125 cm³/mol. The first-order valence-electron chi connectivity index (χ1n) is 10.4. The molecule has 5 rings (SSSR count). The van der Waals surface area contributed by atoms with Gasteiger partial charge in [-0.15, -0.1) is 0 Å². The number of thioether (sulfide) groups is 1. The molecule has 10 heteroatoms. The third-order valence-corrected chi connectivity index (χ3v) is 6.33. The van der Waals surface area contributed by atoms with E-state index in [0.29, 0.717) is 47.4 Å². The molecule has 0 aliphatic carbocycles. The van der Waals surface area contributed by atoms with E-state index in [9.17, 15) is 9.59 Å². The highest BCUT2D eigenvalue weighted by atomic mass is 32.2. The molecule has 2 aromatic heterocycles. The smallest absolute Gasteiger partial charge is 0.278 e. The molecule has 9 nitrogen and oxygen atoms in total. The zero-order valence-corrected chi connectivity index (χ0v) is 18.7. The molecule has 0 unspecified atom stereocenters. The number of nitrogens with zero attached hydrogens (tertiary/aromatic N) is 2. The first kappa shape index (κ1) is 21.4. The molecule has 2 N–H and O–H groups in total. The summed E-state index contributed by atoms with van der Waals surface area (Å²) in [7, 11) is 1.58. The van der Waals surface area contributed by atoms with Gasteiger partial charge >= 0.3 is 0 Å². The van der Waals surface area contributed by atoms with Crippen molar-refractivity contribution in [1.29, 1.82) is 0 Å². The number of fused-ring (bicyclic) bond motifs is 4. The molecule has 33 heavy (non-hydrogen) atoms. The summed E-state index contributed by atoms with van der Waals surface area (Å²) in [5.41, 5.74) is 2.62. The highest BCUT2D eigenvalue weighted by Crippen LogP contribution is 2.32. The average Bonchev–Trinajstić information content (AvgIpc) is 3.45. The van der Waals surface area contributed by atoms with Crippen molar-refractivity contribution >= 4 is 39.6 Å². The number of hydrogen-bond acceptors (Lipinski definition) is 7. The van der Waals surface area contributed by atoms with Crippen LogP contribution in [-0.2, 0) is 22.6 Å². The second-order valence-electron chi connectivity index (χ2n) is 7.49. The summed E-state index contributed by atoms with van der Waals surface area (Å²) in [4.78, 5) is 33.6. The lowest BCUT2D eigenvalue weighted by Crippen LogP contribution is -2.27. The van der Waals surface area contributed by atoms with Crippen molar-refractivity contribution in [3.05, 3.63) is 58.4 Å². The van der Waals surface area contributed by atoms with E-state index in [-0.39, 0.29) is 24.0 Å². The first-order valence-corrected chi connectivity index (χ1v) is 11.4. The van der Waals surface area contributed by atoms with Crippen molar-refractivity contribution in [2.75, 3.05) is 26.3 Å². The summed E-state index contributed by atoms with van der Waals surface area (Å²) in [6.45, 7) is 1.27. The lowest BCUT2D eigenvalue weighted by Gasteiger charge is -2.12. The van der Waals surface area contributed by atoms with Crippen LogP contribution in [0.25, 0.3) is 21.9 Å². The molecule has 0 bridgehead atoms. The SMILES string of the molecule is COCCn1c(SCC(=O)NCc2ccc3c(c2)OCO3)nc2c([nH]c3ccccc32)c1=O. The van der Waals surface area contributed by atoms with Crippen LogP contribution in [-0.4, -0.2) is 46.7 Å². The Morgan fingerprint density at radius 1 is 1.24 bits per heavy atom. The van der Waals surface area contributed by atoms with Gasteiger partial charge in [0.15, 0.2) is 16.7 Å². The van der Waals surface area contributed by atoms with Crippen molar-refractivity contribution in [2.45, 2.75) is 18.2 Å². The Bertz CT molecular complexity index is 1400. The minimum Gasteiger partial charge on any atom is -0.454 e. The molecule has 170 valence electrons. The van der Waals surface area contributed by atoms with Crippen molar-refractivity contribution < 1.29 is 19.0 Å². The quantitative estimate of drug-likeness (QED) is 0.304. The summed E-state index contributed by atoms with van der Waals surface area (Å²) >= 11 is 1.23. The van der Waals surface area contributed by atoms with Gasteiger partial charge in [0, 0.05) is 24.6 Å². The van der Waals surface area contributed by atoms with E-state index >= 15 is 0 Å². The van der Waals surface area contributed by atoms with Gasteiger partial charge in [-0.2, -0.15) is 0 Å². The number of carbonyl (C=O) groups excluding carboxylic acids is 1. The van der Waals surface area contributed by atoms with Crippen molar-refractivity contribution in [1.82, 2.24) is 19.9 Å². The van der Waals surface area contributed by atoms with E-state index in [1.807, 2.05) is 42.5 Å². The van der Waals surface area contributed by atoms with Gasteiger partial charge in [-0.1, -0.05) is 36.0 Å². The van der Waals surface area contributed by atoms with Crippen LogP contribution in [0.15, 0.2) is 52.4 Å². The fourth-order valence-electron chi connectivity index (χ4n) is 3.70. The lowest BCUT2D eigenvalue weighted by molar-refractivity contribution is -0.118. The normalized spacial score (nSPS) is 12.5. The Hall–Kier alpha value is -3.50. The van der Waals surface area contributed by atoms with E-state index in [0.717, 1.165) is 16.5 Å². The zero-order valence-electron chi connectivity index (χ0n) is 17.9. The minimum atomic E-state index is -0.184. The molecule has 3 heterocycles. The number of rotatable bonds is 8. The molecule has 0 atom stereocenters. The molecule has 1 aliphatic heterocycles. The molecule has 0 radical (unpaired) electrons. The maximum absolute atomic E-state index is 13.2. The van der Waals surface area contributed by atoms with Gasteiger partial charge in [0.25, 0.3) is 5.56 Å². The summed E-state index contributed by atoms with van der Waals surface area (Å²) < 4.78 is 17.4. The Kier molecular flexibility index (Phi) is 5.93. The number of aromatic amines is 1.